The third-order valence-corrected chi connectivity index (χ3v) is 2.13. The van der Waals surface area contributed by atoms with Crippen LogP contribution in [0.4, 0.5) is 5.69 Å². The third-order valence-electron chi connectivity index (χ3n) is 2.13. The third kappa shape index (κ3) is 1.98. The molecule has 78 valence electrons. The largest absolute Gasteiger partial charge is 0.463 e. The molecule has 1 heterocycles. The van der Waals surface area contributed by atoms with Gasteiger partial charge < -0.3 is 10.1 Å². The summed E-state index contributed by atoms with van der Waals surface area (Å²) < 4.78 is 4.88. The van der Waals surface area contributed by atoms with Crippen molar-refractivity contribution >= 4 is 17.9 Å². The lowest BCUT2D eigenvalue weighted by Gasteiger charge is -2.19. The predicted molar refractivity (Wildman–Crippen MR) is 58.1 cm³/mol. The molecule has 1 atom stereocenters. The number of hydrogen-bond acceptors (Lipinski definition) is 4. The zero-order valence-electron chi connectivity index (χ0n) is 8.43. The first kappa shape index (κ1) is 9.71. The maximum Gasteiger partial charge on any atom is 0.351 e. The first-order chi connectivity index (χ1) is 7.31. The van der Waals surface area contributed by atoms with E-state index in [0.29, 0.717) is 6.61 Å². The van der Waals surface area contributed by atoms with Gasteiger partial charge in [0, 0.05) is 17.5 Å². The van der Waals surface area contributed by atoms with Crippen LogP contribution in [0.3, 0.4) is 0 Å². The normalized spacial score (nSPS) is 17.8. The minimum Gasteiger partial charge on any atom is -0.463 e. The van der Waals surface area contributed by atoms with E-state index in [1.54, 1.807) is 13.1 Å². The number of aliphatic imine (C=N–C) groups is 1. The standard InChI is InChI=1S/C11H12N2O2/c1-2-15-11(14)10-12-7-8-5-3-4-6-9(8)13-10/h3-7,10,13H,2H2,1H3. The van der Waals surface area contributed by atoms with Crippen LogP contribution in [-0.4, -0.2) is 25.0 Å². The SMILES string of the molecule is CCOC(=O)C1N=Cc2ccccc2N1. The van der Waals surface area contributed by atoms with Gasteiger partial charge in [-0.3, -0.25) is 4.99 Å². The van der Waals surface area contributed by atoms with Gasteiger partial charge in [-0.25, -0.2) is 4.79 Å². The number of fused-ring (bicyclic) bond motifs is 1. The van der Waals surface area contributed by atoms with E-state index >= 15 is 0 Å². The van der Waals surface area contributed by atoms with Crippen LogP contribution in [0.25, 0.3) is 0 Å². The quantitative estimate of drug-likeness (QED) is 0.741. The minimum atomic E-state index is -0.611. The van der Waals surface area contributed by atoms with Crippen LogP contribution >= 0.6 is 0 Å². The van der Waals surface area contributed by atoms with Crippen LogP contribution in [0.5, 0.6) is 0 Å². The highest BCUT2D eigenvalue weighted by molar-refractivity contribution is 5.94. The summed E-state index contributed by atoms with van der Waals surface area (Å²) in [5.74, 6) is -0.344. The van der Waals surface area contributed by atoms with Crippen LogP contribution in [0.1, 0.15) is 12.5 Å². The van der Waals surface area contributed by atoms with E-state index in [4.69, 9.17) is 4.74 Å². The van der Waals surface area contributed by atoms with Gasteiger partial charge in [0.05, 0.1) is 6.61 Å². The number of para-hydroxylation sites is 1. The van der Waals surface area contributed by atoms with Gasteiger partial charge in [-0.05, 0) is 13.0 Å². The average molecular weight is 204 g/mol. The molecule has 0 amide bonds. The second-order valence-corrected chi connectivity index (χ2v) is 3.16. The first-order valence-corrected chi connectivity index (χ1v) is 4.86. The van der Waals surface area contributed by atoms with Crippen molar-refractivity contribution in [2.45, 2.75) is 13.1 Å². The molecule has 15 heavy (non-hydrogen) atoms. The van der Waals surface area contributed by atoms with E-state index in [9.17, 15) is 4.79 Å². The van der Waals surface area contributed by atoms with Gasteiger partial charge >= 0.3 is 5.97 Å². The molecule has 4 nitrogen and oxygen atoms in total. The van der Waals surface area contributed by atoms with Gasteiger partial charge in [0.2, 0.25) is 6.17 Å². The van der Waals surface area contributed by atoms with Crippen molar-refractivity contribution in [2.24, 2.45) is 4.99 Å². The Kier molecular flexibility index (Phi) is 2.67. The molecule has 1 unspecified atom stereocenters. The summed E-state index contributed by atoms with van der Waals surface area (Å²) in [6.07, 6.45) is 1.08. The number of rotatable bonds is 2. The van der Waals surface area contributed by atoms with Gasteiger partial charge in [-0.2, -0.15) is 0 Å². The zero-order chi connectivity index (χ0) is 10.7. The van der Waals surface area contributed by atoms with Crippen LogP contribution in [0.15, 0.2) is 29.3 Å². The highest BCUT2D eigenvalue weighted by Crippen LogP contribution is 2.18. The van der Waals surface area contributed by atoms with Crippen LogP contribution in [0.2, 0.25) is 0 Å². The van der Waals surface area contributed by atoms with Crippen molar-refractivity contribution in [3.8, 4) is 0 Å². The Morgan fingerprint density at radius 2 is 2.33 bits per heavy atom. The number of nitrogens with one attached hydrogen (secondary N) is 1. The van der Waals surface area contributed by atoms with Gasteiger partial charge in [-0.1, -0.05) is 18.2 Å². The Bertz CT molecular complexity index is 401. The molecule has 0 spiro atoms. The Morgan fingerprint density at radius 3 is 3.13 bits per heavy atom. The van der Waals surface area contributed by atoms with E-state index < -0.39 is 6.17 Å². The summed E-state index contributed by atoms with van der Waals surface area (Å²) in [6, 6.07) is 7.68. The van der Waals surface area contributed by atoms with Crippen molar-refractivity contribution in [1.82, 2.24) is 0 Å². The molecule has 0 saturated heterocycles. The molecule has 2 rings (SSSR count). The Hall–Kier alpha value is -1.84. The number of anilines is 1. The number of esters is 1. The van der Waals surface area contributed by atoms with Gasteiger partial charge in [0.25, 0.3) is 0 Å². The molecule has 0 aliphatic carbocycles. The van der Waals surface area contributed by atoms with E-state index in [0.717, 1.165) is 11.3 Å². The molecule has 0 bridgehead atoms. The number of carbonyl (C=O) groups excluding carboxylic acids is 1. The molecule has 1 N–H and O–H groups in total. The van der Waals surface area contributed by atoms with E-state index in [2.05, 4.69) is 10.3 Å². The molecule has 1 aromatic carbocycles. The van der Waals surface area contributed by atoms with Gasteiger partial charge in [-0.15, -0.1) is 0 Å². The molecule has 1 aromatic rings. The minimum absolute atomic E-state index is 0.344. The molecule has 4 heteroatoms. The fourth-order valence-corrected chi connectivity index (χ4v) is 1.42. The Balaban J connectivity index is 2.15. The number of nitrogens with zero attached hydrogens (tertiary/aromatic N) is 1. The number of ether oxygens (including phenoxy) is 1. The zero-order valence-corrected chi connectivity index (χ0v) is 8.43. The Morgan fingerprint density at radius 1 is 1.53 bits per heavy atom. The average Bonchev–Trinajstić information content (AvgIpc) is 2.29. The predicted octanol–water partition coefficient (Wildman–Crippen LogP) is 1.42. The second kappa shape index (κ2) is 4.13. The summed E-state index contributed by atoms with van der Waals surface area (Å²) in [4.78, 5) is 15.5. The van der Waals surface area contributed by atoms with Crippen LogP contribution in [0, 0.1) is 0 Å². The Labute approximate surface area is 88.0 Å². The topological polar surface area (TPSA) is 50.7 Å². The lowest BCUT2D eigenvalue weighted by Crippen LogP contribution is -2.32. The lowest BCUT2D eigenvalue weighted by atomic mass is 10.1. The molecule has 0 saturated carbocycles. The maximum atomic E-state index is 11.4. The molecule has 0 radical (unpaired) electrons. The highest BCUT2D eigenvalue weighted by atomic mass is 16.5. The second-order valence-electron chi connectivity index (χ2n) is 3.16. The summed E-state index contributed by atoms with van der Waals surface area (Å²) in [7, 11) is 0. The monoisotopic (exact) mass is 204 g/mol. The maximum absolute atomic E-state index is 11.4. The van der Waals surface area contributed by atoms with E-state index in [1.165, 1.54) is 0 Å². The highest BCUT2D eigenvalue weighted by Gasteiger charge is 2.21. The van der Waals surface area contributed by atoms with Crippen molar-refractivity contribution in [2.75, 3.05) is 11.9 Å². The molecular formula is C11H12N2O2. The molecule has 0 aromatic heterocycles. The fraction of sp³-hybridized carbons (Fsp3) is 0.273. The molecule has 1 aliphatic heterocycles. The van der Waals surface area contributed by atoms with Gasteiger partial charge in [0.1, 0.15) is 0 Å². The summed E-state index contributed by atoms with van der Waals surface area (Å²) >= 11 is 0. The number of carbonyl (C=O) groups is 1. The molecular weight excluding hydrogens is 192 g/mol. The van der Waals surface area contributed by atoms with E-state index in [1.807, 2.05) is 24.3 Å². The first-order valence-electron chi connectivity index (χ1n) is 4.86. The number of benzene rings is 1. The molecule has 1 aliphatic rings. The van der Waals surface area contributed by atoms with Crippen LogP contribution < -0.4 is 5.32 Å². The fourth-order valence-electron chi connectivity index (χ4n) is 1.42. The van der Waals surface area contributed by atoms with Crippen molar-refractivity contribution in [3.05, 3.63) is 29.8 Å². The summed E-state index contributed by atoms with van der Waals surface area (Å²) in [6.45, 7) is 2.15. The van der Waals surface area contributed by atoms with Crippen molar-refractivity contribution < 1.29 is 9.53 Å². The lowest BCUT2D eigenvalue weighted by molar-refractivity contribution is -0.143. The van der Waals surface area contributed by atoms with Gasteiger partial charge in [0.15, 0.2) is 0 Å². The van der Waals surface area contributed by atoms with Crippen molar-refractivity contribution in [1.29, 1.82) is 0 Å². The smallest absolute Gasteiger partial charge is 0.351 e. The summed E-state index contributed by atoms with van der Waals surface area (Å²) in [5.41, 5.74) is 1.89. The molecule has 0 fully saturated rings. The van der Waals surface area contributed by atoms with Crippen LogP contribution in [-0.2, 0) is 9.53 Å². The number of hydrogen-bond donors (Lipinski definition) is 1. The van der Waals surface area contributed by atoms with Crippen molar-refractivity contribution in [3.63, 3.8) is 0 Å². The van der Waals surface area contributed by atoms with E-state index in [-0.39, 0.29) is 5.97 Å². The summed E-state index contributed by atoms with van der Waals surface area (Å²) in [5, 5.41) is 3.01.